The second-order valence-corrected chi connectivity index (χ2v) is 9.14. The monoisotopic (exact) mass is 321 g/mol. The summed E-state index contributed by atoms with van der Waals surface area (Å²) in [4.78, 5) is 35.9. The van der Waals surface area contributed by atoms with Crippen LogP contribution in [-0.2, 0) is 9.13 Å². The molecular weight excluding hydrogens is 304 g/mol. The fourth-order valence-electron chi connectivity index (χ4n) is 1.81. The summed E-state index contributed by atoms with van der Waals surface area (Å²) in [5.74, 6) is 0. The van der Waals surface area contributed by atoms with Crippen molar-refractivity contribution < 1.29 is 33.8 Å². The van der Waals surface area contributed by atoms with Crippen molar-refractivity contribution >= 4 is 27.8 Å². The molecular formula is C7H17NO7P2S. The van der Waals surface area contributed by atoms with Gasteiger partial charge in [-0.2, -0.15) is 12.6 Å². The highest BCUT2D eigenvalue weighted by Gasteiger charge is 2.60. The summed E-state index contributed by atoms with van der Waals surface area (Å²) in [6.07, 6.45) is 0.359. The van der Waals surface area contributed by atoms with Crippen LogP contribution >= 0.6 is 27.8 Å². The molecule has 1 aliphatic heterocycles. The van der Waals surface area contributed by atoms with Crippen LogP contribution in [0.4, 0.5) is 0 Å². The van der Waals surface area contributed by atoms with Crippen LogP contribution < -0.4 is 5.32 Å². The van der Waals surface area contributed by atoms with E-state index in [0.29, 0.717) is 19.4 Å². The predicted molar refractivity (Wildman–Crippen MR) is 67.5 cm³/mol. The lowest BCUT2D eigenvalue weighted by atomic mass is 10.0. The first-order valence-electron chi connectivity index (χ1n) is 5.22. The van der Waals surface area contributed by atoms with Crippen LogP contribution in [0.25, 0.3) is 0 Å². The molecule has 0 aliphatic carbocycles. The summed E-state index contributed by atoms with van der Waals surface area (Å²) in [5, 5.41) is 9.31. The van der Waals surface area contributed by atoms with Gasteiger partial charge in [0.25, 0.3) is 5.08 Å². The van der Waals surface area contributed by atoms with Gasteiger partial charge >= 0.3 is 15.2 Å². The highest BCUT2D eigenvalue weighted by molar-refractivity contribution is 7.81. The highest BCUT2D eigenvalue weighted by atomic mass is 32.1. The quantitative estimate of drug-likeness (QED) is 0.269. The van der Waals surface area contributed by atoms with Gasteiger partial charge in [0.15, 0.2) is 0 Å². The van der Waals surface area contributed by atoms with Gasteiger partial charge in [-0.05, 0) is 12.8 Å². The summed E-state index contributed by atoms with van der Waals surface area (Å²) in [5.41, 5.74) is 0. The minimum atomic E-state index is -5.36. The van der Waals surface area contributed by atoms with E-state index in [2.05, 4.69) is 17.9 Å². The van der Waals surface area contributed by atoms with Crippen LogP contribution in [0.5, 0.6) is 0 Å². The zero-order valence-electron chi connectivity index (χ0n) is 9.38. The standard InChI is InChI=1S/C7H17NO7P2S/c9-7(16(10,11)12,17(13,14)15)3-5-1-2-6(18)4-8-5/h5-6,8-9,18H,1-4H2,(H2,10,11,12)(H2,13,14,15). The minimum Gasteiger partial charge on any atom is -0.367 e. The number of hydrogen-bond donors (Lipinski definition) is 7. The molecule has 18 heavy (non-hydrogen) atoms. The van der Waals surface area contributed by atoms with Crippen LogP contribution in [-0.4, -0.2) is 47.6 Å². The molecule has 6 N–H and O–H groups in total. The van der Waals surface area contributed by atoms with Gasteiger partial charge in [0.1, 0.15) is 0 Å². The van der Waals surface area contributed by atoms with Crippen LogP contribution in [0.2, 0.25) is 0 Å². The van der Waals surface area contributed by atoms with E-state index in [9.17, 15) is 14.2 Å². The Bertz CT molecular complexity index is 363. The van der Waals surface area contributed by atoms with Crippen molar-refractivity contribution in [2.75, 3.05) is 6.54 Å². The second-order valence-electron chi connectivity index (χ2n) is 4.40. The first-order valence-corrected chi connectivity index (χ1v) is 8.96. The molecule has 0 saturated carbocycles. The smallest absolute Gasteiger partial charge is 0.367 e. The SMILES string of the molecule is O=P(O)(O)C(O)(CC1CCC(S)CN1)P(=O)(O)O. The van der Waals surface area contributed by atoms with Crippen molar-refractivity contribution in [2.24, 2.45) is 0 Å². The Morgan fingerprint density at radius 3 is 2.00 bits per heavy atom. The molecule has 0 aromatic carbocycles. The van der Waals surface area contributed by atoms with E-state index in [-0.39, 0.29) is 5.25 Å². The maximum Gasteiger partial charge on any atom is 0.369 e. The van der Waals surface area contributed by atoms with Gasteiger partial charge in [-0.15, -0.1) is 0 Å². The van der Waals surface area contributed by atoms with E-state index in [0.717, 1.165) is 0 Å². The highest BCUT2D eigenvalue weighted by Crippen LogP contribution is 2.69. The average Bonchev–Trinajstić information content (AvgIpc) is 2.18. The molecule has 1 fully saturated rings. The van der Waals surface area contributed by atoms with Gasteiger partial charge in [0, 0.05) is 24.3 Å². The number of hydrogen-bond acceptors (Lipinski definition) is 5. The van der Waals surface area contributed by atoms with Gasteiger partial charge in [0.2, 0.25) is 0 Å². The first kappa shape index (κ1) is 16.6. The zero-order chi connectivity index (χ0) is 14.2. The normalized spacial score (nSPS) is 27.2. The van der Waals surface area contributed by atoms with E-state index in [1.54, 1.807) is 0 Å². The summed E-state index contributed by atoms with van der Waals surface area (Å²) in [6.45, 7) is 0.451. The van der Waals surface area contributed by atoms with Crippen LogP contribution in [0.3, 0.4) is 0 Å². The third-order valence-electron chi connectivity index (χ3n) is 2.94. The Hall–Kier alpha value is 0.570. The molecule has 0 spiro atoms. The van der Waals surface area contributed by atoms with E-state index in [4.69, 9.17) is 19.6 Å². The number of aliphatic hydroxyl groups is 1. The topological polar surface area (TPSA) is 147 Å². The maximum absolute atomic E-state index is 11.1. The fourth-order valence-corrected chi connectivity index (χ4v) is 4.34. The Labute approximate surface area is 110 Å². The Balaban J connectivity index is 2.88. The minimum absolute atomic E-state index is 0.0828. The van der Waals surface area contributed by atoms with Crippen molar-refractivity contribution in [2.45, 2.75) is 35.6 Å². The summed E-state index contributed by atoms with van der Waals surface area (Å²) < 4.78 is 22.3. The largest absolute Gasteiger partial charge is 0.369 e. The maximum atomic E-state index is 11.1. The van der Waals surface area contributed by atoms with Gasteiger partial charge in [0.05, 0.1) is 0 Å². The molecule has 2 unspecified atom stereocenters. The molecule has 0 bridgehead atoms. The average molecular weight is 321 g/mol. The first-order chi connectivity index (χ1) is 7.97. The van der Waals surface area contributed by atoms with Gasteiger partial charge in [-0.25, -0.2) is 0 Å². The summed E-state index contributed by atoms with van der Waals surface area (Å²) in [7, 11) is -10.7. The molecule has 1 aliphatic rings. The molecule has 2 atom stereocenters. The summed E-state index contributed by atoms with van der Waals surface area (Å²) >= 11 is 4.20. The predicted octanol–water partition coefficient (Wildman–Crippen LogP) is -0.572. The Kier molecular flexibility index (Phi) is 5.10. The molecule has 8 nitrogen and oxygen atoms in total. The zero-order valence-corrected chi connectivity index (χ0v) is 12.1. The number of rotatable bonds is 4. The van der Waals surface area contributed by atoms with Gasteiger partial charge in [-0.1, -0.05) is 0 Å². The molecule has 108 valence electrons. The van der Waals surface area contributed by atoms with E-state index in [1.807, 2.05) is 0 Å². The van der Waals surface area contributed by atoms with E-state index >= 15 is 0 Å². The summed E-state index contributed by atoms with van der Waals surface area (Å²) in [6, 6.07) is -0.571. The molecule has 0 aromatic heterocycles. The van der Waals surface area contributed by atoms with Crippen molar-refractivity contribution in [1.82, 2.24) is 5.32 Å². The molecule has 0 aromatic rings. The lowest BCUT2D eigenvalue weighted by Crippen LogP contribution is -2.45. The molecule has 1 saturated heterocycles. The van der Waals surface area contributed by atoms with Crippen LogP contribution in [0.1, 0.15) is 19.3 Å². The molecule has 1 rings (SSSR count). The lowest BCUT2D eigenvalue weighted by Gasteiger charge is -2.35. The number of nitrogens with one attached hydrogen (secondary N) is 1. The number of thiol groups is 1. The third kappa shape index (κ3) is 3.56. The van der Waals surface area contributed by atoms with Crippen LogP contribution in [0.15, 0.2) is 0 Å². The second kappa shape index (κ2) is 5.52. The van der Waals surface area contributed by atoms with E-state index < -0.39 is 32.7 Å². The van der Waals surface area contributed by atoms with Crippen molar-refractivity contribution in [3.63, 3.8) is 0 Å². The van der Waals surface area contributed by atoms with E-state index in [1.165, 1.54) is 0 Å². The van der Waals surface area contributed by atoms with Gasteiger partial charge in [-0.3, -0.25) is 9.13 Å². The van der Waals surface area contributed by atoms with Crippen molar-refractivity contribution in [3.8, 4) is 0 Å². The Morgan fingerprint density at radius 2 is 1.67 bits per heavy atom. The molecule has 1 heterocycles. The Morgan fingerprint density at radius 1 is 1.17 bits per heavy atom. The lowest BCUT2D eigenvalue weighted by molar-refractivity contribution is 0.108. The fraction of sp³-hybridized carbons (Fsp3) is 1.00. The third-order valence-corrected chi connectivity index (χ3v) is 7.18. The van der Waals surface area contributed by atoms with Gasteiger partial charge < -0.3 is 30.0 Å². The van der Waals surface area contributed by atoms with Crippen molar-refractivity contribution in [3.05, 3.63) is 0 Å². The molecule has 11 heteroatoms. The van der Waals surface area contributed by atoms with Crippen LogP contribution in [0, 0.1) is 0 Å². The number of piperidine rings is 1. The molecule has 0 amide bonds. The molecule has 0 radical (unpaired) electrons. The van der Waals surface area contributed by atoms with Crippen molar-refractivity contribution in [1.29, 1.82) is 0 Å².